The maximum atomic E-state index is 6.86. The van der Waals surface area contributed by atoms with Crippen molar-refractivity contribution in [2.45, 2.75) is 66.4 Å². The van der Waals surface area contributed by atoms with Crippen LogP contribution >= 0.6 is 23.4 Å². The lowest BCUT2D eigenvalue weighted by Crippen LogP contribution is -2.58. The molecular weight excluding hydrogens is 550 g/mol. The molecule has 6 N–H and O–H groups in total. The summed E-state index contributed by atoms with van der Waals surface area (Å²) in [7, 11) is 0. The largest absolute Gasteiger partial charge is 0.381 e. The Balaban J connectivity index is 1.12. The number of nitrogens with zero attached hydrogens (tertiary/aromatic N) is 5. The van der Waals surface area contributed by atoms with Crippen molar-refractivity contribution in [2.75, 3.05) is 37.8 Å². The van der Waals surface area contributed by atoms with Crippen LogP contribution in [0.1, 0.15) is 38.3 Å². The van der Waals surface area contributed by atoms with Crippen LogP contribution in [0.2, 0.25) is 5.02 Å². The molecule has 4 aliphatic rings. The highest BCUT2D eigenvalue weighted by atomic mass is 35.5. The maximum absolute atomic E-state index is 6.86. The van der Waals surface area contributed by atoms with Crippen molar-refractivity contribution in [3.05, 3.63) is 47.6 Å². The first-order chi connectivity index (χ1) is 19.4. The number of aromatic nitrogens is 3. The molecule has 1 unspecified atom stereocenters. The van der Waals surface area contributed by atoms with Crippen LogP contribution in [0.15, 0.2) is 51.8 Å². The summed E-state index contributed by atoms with van der Waals surface area (Å²) in [6.07, 6.45) is 12.7. The Morgan fingerprint density at radius 3 is 2.67 bits per heavy atom. The minimum atomic E-state index is -1.12. The van der Waals surface area contributed by atoms with E-state index in [0.717, 1.165) is 61.1 Å². The minimum absolute atomic E-state index is 0.0746. The van der Waals surface area contributed by atoms with Crippen molar-refractivity contribution in [2.24, 2.45) is 21.9 Å². The third-order valence-electron chi connectivity index (χ3n) is 8.40. The highest BCUT2D eigenvalue weighted by Crippen LogP contribution is 2.42. The second-order valence-corrected chi connectivity index (χ2v) is 12.4. The lowest BCUT2D eigenvalue weighted by atomic mass is 9.73. The van der Waals surface area contributed by atoms with Crippen LogP contribution in [0.5, 0.6) is 0 Å². The number of halogens is 1. The predicted molar refractivity (Wildman–Crippen MR) is 155 cm³/mol. The van der Waals surface area contributed by atoms with E-state index >= 15 is 0 Å². The fraction of sp³-hybridized carbons (Fsp3) is 0.556. The van der Waals surface area contributed by atoms with E-state index in [4.69, 9.17) is 42.5 Å². The molecule has 0 aromatic carbocycles. The van der Waals surface area contributed by atoms with Gasteiger partial charge >= 0.3 is 0 Å². The molecule has 1 spiro atoms. The molecule has 6 heterocycles. The average molecular weight is 586 g/mol. The Morgan fingerprint density at radius 1 is 1.18 bits per heavy atom. The fourth-order valence-corrected chi connectivity index (χ4v) is 6.95. The van der Waals surface area contributed by atoms with Gasteiger partial charge in [-0.15, -0.1) is 0 Å². The molecule has 0 amide bonds. The van der Waals surface area contributed by atoms with Crippen molar-refractivity contribution >= 4 is 35.1 Å². The first-order valence-electron chi connectivity index (χ1n) is 13.8. The smallest absolute Gasteiger partial charge is 0.197 e. The van der Waals surface area contributed by atoms with Gasteiger partial charge < -0.3 is 36.5 Å². The Bertz CT molecular complexity index is 1270. The number of nitrogens with one attached hydrogen (secondary N) is 2. The summed E-state index contributed by atoms with van der Waals surface area (Å²) in [6, 6.07) is 2.12. The van der Waals surface area contributed by atoms with Crippen LogP contribution in [-0.4, -0.2) is 72.0 Å². The first kappa shape index (κ1) is 27.7. The van der Waals surface area contributed by atoms with Crippen LogP contribution in [0.4, 0.5) is 5.82 Å². The van der Waals surface area contributed by atoms with Gasteiger partial charge in [0.2, 0.25) is 0 Å². The van der Waals surface area contributed by atoms with Gasteiger partial charge in [-0.1, -0.05) is 23.4 Å². The molecule has 2 aromatic rings. The Morgan fingerprint density at radius 2 is 1.98 bits per heavy atom. The lowest BCUT2D eigenvalue weighted by molar-refractivity contribution is 0.0869. The normalized spacial score (nSPS) is 29.5. The van der Waals surface area contributed by atoms with E-state index in [9.17, 15) is 0 Å². The van der Waals surface area contributed by atoms with Crippen molar-refractivity contribution in [1.29, 1.82) is 0 Å². The molecule has 0 saturated carbocycles. The molecule has 11 nitrogen and oxygen atoms in total. The number of pyridine rings is 1. The van der Waals surface area contributed by atoms with Crippen molar-refractivity contribution < 1.29 is 9.47 Å². The van der Waals surface area contributed by atoms with E-state index in [0.29, 0.717) is 29.9 Å². The van der Waals surface area contributed by atoms with E-state index in [1.807, 2.05) is 12.3 Å². The summed E-state index contributed by atoms with van der Waals surface area (Å²) in [5.41, 5.74) is 12.7. The third kappa shape index (κ3) is 5.53. The van der Waals surface area contributed by atoms with Gasteiger partial charge in [0.05, 0.1) is 36.2 Å². The number of ether oxygens (including phenoxy) is 2. The first-order valence-corrected chi connectivity index (χ1v) is 15.0. The number of anilines is 1. The van der Waals surface area contributed by atoms with E-state index in [1.165, 1.54) is 11.8 Å². The molecule has 3 fully saturated rings. The van der Waals surface area contributed by atoms with E-state index < -0.39 is 5.66 Å². The molecule has 4 aliphatic heterocycles. The number of rotatable bonds is 5. The topological polar surface area (TPSA) is 149 Å². The zero-order valence-electron chi connectivity index (χ0n) is 22.6. The molecule has 3 saturated heterocycles. The summed E-state index contributed by atoms with van der Waals surface area (Å²) >= 11 is 8.29. The highest BCUT2D eigenvalue weighted by molar-refractivity contribution is 7.99. The van der Waals surface area contributed by atoms with Crippen LogP contribution in [0, 0.1) is 5.41 Å². The van der Waals surface area contributed by atoms with Gasteiger partial charge in [0.1, 0.15) is 16.5 Å². The monoisotopic (exact) mass is 585 g/mol. The van der Waals surface area contributed by atoms with E-state index in [1.54, 1.807) is 24.7 Å². The van der Waals surface area contributed by atoms with Crippen molar-refractivity contribution in [1.82, 2.24) is 25.6 Å². The molecule has 13 heteroatoms. The molecule has 0 bridgehead atoms. The van der Waals surface area contributed by atoms with Crippen LogP contribution in [0.3, 0.4) is 0 Å². The van der Waals surface area contributed by atoms with E-state index in [2.05, 4.69) is 32.4 Å². The lowest BCUT2D eigenvalue weighted by Gasteiger charge is -2.41. The molecule has 2 aromatic heterocycles. The molecule has 6 rings (SSSR count). The Kier molecular flexibility index (Phi) is 7.90. The van der Waals surface area contributed by atoms with Gasteiger partial charge in [-0.2, -0.15) is 0 Å². The quantitative estimate of drug-likeness (QED) is 0.409. The highest BCUT2D eigenvalue weighted by Gasteiger charge is 2.47. The van der Waals surface area contributed by atoms with Crippen LogP contribution < -0.4 is 27.0 Å². The maximum Gasteiger partial charge on any atom is 0.197 e. The van der Waals surface area contributed by atoms with Gasteiger partial charge in [0.15, 0.2) is 11.6 Å². The number of hydrogen-bond donors (Lipinski definition) is 4. The number of guanidine groups is 1. The second kappa shape index (κ2) is 11.4. The Labute approximate surface area is 243 Å². The van der Waals surface area contributed by atoms with Gasteiger partial charge in [0, 0.05) is 55.1 Å². The number of hydrogen-bond acceptors (Lipinski definition) is 10. The molecular formula is C27H36ClN9O2S. The van der Waals surface area contributed by atoms with Crippen molar-refractivity contribution in [3.8, 4) is 0 Å². The average Bonchev–Trinajstić information content (AvgIpc) is 3.24. The fourth-order valence-electron chi connectivity index (χ4n) is 5.82. The summed E-state index contributed by atoms with van der Waals surface area (Å²) in [5.74, 6) is 1.46. The standard InChI is InChI=1S/C27H36ClN9O2S/c1-17-23(29)26(16-39-17)6-10-37(11-7-26)20-14-34-21(15-33-20)40-19-2-8-31-24(22(19)28)27(30)5-9-32-25(36-27)35-18-3-12-38-13-4-18/h2,5,8-9,14-15,17-18,23H,3-4,6-7,10-13,16,29-30H2,1H3,(H2,32,35,36)/t17-,23+,27?/m0/s1. The van der Waals surface area contributed by atoms with Crippen molar-refractivity contribution in [3.63, 3.8) is 0 Å². The van der Waals surface area contributed by atoms with Crippen LogP contribution in [-0.2, 0) is 15.1 Å². The van der Waals surface area contributed by atoms with E-state index in [-0.39, 0.29) is 23.6 Å². The van der Waals surface area contributed by atoms with Gasteiger partial charge in [0.25, 0.3) is 0 Å². The number of nitrogens with two attached hydrogens (primary N) is 2. The van der Waals surface area contributed by atoms with Gasteiger partial charge in [-0.05, 0) is 44.7 Å². The number of aliphatic imine (C=N–C) groups is 1. The molecule has 0 aliphatic carbocycles. The molecule has 0 radical (unpaired) electrons. The molecule has 40 heavy (non-hydrogen) atoms. The minimum Gasteiger partial charge on any atom is -0.381 e. The zero-order valence-corrected chi connectivity index (χ0v) is 24.1. The zero-order chi connectivity index (χ0) is 27.7. The van der Waals surface area contributed by atoms with Crippen LogP contribution in [0.25, 0.3) is 0 Å². The SMILES string of the molecule is C[C@@H]1OCC2(CCN(c3cnc(Sc4ccnc(C5(N)C=CNC(=NC6CCOCC6)N5)c4Cl)cn3)CC2)[C@@H]1N. The summed E-state index contributed by atoms with van der Waals surface area (Å²) in [5, 5.41) is 7.61. The molecule has 3 atom stereocenters. The summed E-state index contributed by atoms with van der Waals surface area (Å²) in [4.78, 5) is 21.8. The van der Waals surface area contributed by atoms with Gasteiger partial charge in [-0.3, -0.25) is 4.98 Å². The molecule has 214 valence electrons. The predicted octanol–water partition coefficient (Wildman–Crippen LogP) is 2.36. The van der Waals surface area contributed by atoms with Gasteiger partial charge in [-0.25, -0.2) is 15.0 Å². The Hall–Kier alpha value is -2.48. The number of piperidine rings is 1. The summed E-state index contributed by atoms with van der Waals surface area (Å²) in [6.45, 7) is 6.01. The summed E-state index contributed by atoms with van der Waals surface area (Å²) < 4.78 is 11.3. The third-order valence-corrected chi connectivity index (χ3v) is 9.87. The second-order valence-electron chi connectivity index (χ2n) is 11.0.